The molecule has 1 unspecified atom stereocenters. The molecular weight excluding hydrogens is 365 g/mol. The van der Waals surface area contributed by atoms with E-state index in [1.807, 2.05) is 0 Å². The minimum absolute atomic E-state index is 0.720. The van der Waals surface area contributed by atoms with Crippen molar-refractivity contribution in [2.45, 2.75) is 31.3 Å². The van der Waals surface area contributed by atoms with Crippen LogP contribution < -0.4 is 0 Å². The largest absolute Gasteiger partial charge is 0.378 e. The molecule has 2 saturated carbocycles. The molecule has 4 fully saturated rings. The number of halogens is 1. The fraction of sp³-hybridized carbons (Fsp3) is 0.800. The van der Waals surface area contributed by atoms with Crippen LogP contribution in [0.3, 0.4) is 0 Å². The van der Waals surface area contributed by atoms with Crippen molar-refractivity contribution in [1.29, 1.82) is 0 Å². The molecule has 5 heteroatoms. The second-order valence-electron chi connectivity index (χ2n) is 7.00. The van der Waals surface area contributed by atoms with Crippen molar-refractivity contribution in [2.75, 3.05) is 26.3 Å². The summed E-state index contributed by atoms with van der Waals surface area (Å²) in [4.78, 5) is 7.43. The van der Waals surface area contributed by atoms with Crippen molar-refractivity contribution in [2.24, 2.45) is 17.8 Å². The predicted molar refractivity (Wildman–Crippen MR) is 83.6 cm³/mol. The molecule has 3 atom stereocenters. The molecule has 5 rings (SSSR count). The number of ether oxygens (including phenoxy) is 1. The zero-order valence-electron chi connectivity index (χ0n) is 11.5. The van der Waals surface area contributed by atoms with Gasteiger partial charge in [0.05, 0.1) is 19.3 Å². The van der Waals surface area contributed by atoms with Crippen LogP contribution in [0.4, 0.5) is 0 Å². The Hall–Kier alpha value is -0.140. The predicted octanol–water partition coefficient (Wildman–Crippen LogP) is 1.94. The highest BCUT2D eigenvalue weighted by Crippen LogP contribution is 2.56. The summed E-state index contributed by atoms with van der Waals surface area (Å²) in [5.74, 6) is 4.03. The van der Waals surface area contributed by atoms with Crippen LogP contribution in [0.2, 0.25) is 0 Å². The summed E-state index contributed by atoms with van der Waals surface area (Å²) in [6.07, 6.45) is 6.32. The normalized spacial score (nSPS) is 37.0. The molecule has 0 N–H and O–H groups in total. The second kappa shape index (κ2) is 4.43. The molecule has 2 aliphatic heterocycles. The van der Waals surface area contributed by atoms with E-state index in [-0.39, 0.29) is 0 Å². The van der Waals surface area contributed by atoms with E-state index in [1.54, 1.807) is 0 Å². The molecule has 0 amide bonds. The summed E-state index contributed by atoms with van der Waals surface area (Å²) in [6.45, 7) is 4.47. The summed E-state index contributed by atoms with van der Waals surface area (Å²) >= 11 is 2.37. The number of rotatable bonds is 4. The average Bonchev–Trinajstić information content (AvgIpc) is 3.20. The Labute approximate surface area is 133 Å². The maximum atomic E-state index is 5.32. The van der Waals surface area contributed by atoms with Gasteiger partial charge in [0.15, 0.2) is 0 Å². The van der Waals surface area contributed by atoms with E-state index in [0.717, 1.165) is 43.1 Å². The minimum Gasteiger partial charge on any atom is -0.378 e. The quantitative estimate of drug-likeness (QED) is 0.743. The minimum atomic E-state index is 0.720. The third-order valence-corrected chi connectivity index (χ3v) is 6.10. The van der Waals surface area contributed by atoms with E-state index < -0.39 is 0 Å². The van der Waals surface area contributed by atoms with Gasteiger partial charge in [0.1, 0.15) is 9.53 Å². The number of nitrogens with zero attached hydrogens (tertiary/aromatic N) is 3. The highest BCUT2D eigenvalue weighted by atomic mass is 127. The lowest BCUT2D eigenvalue weighted by atomic mass is 10.2. The summed E-state index contributed by atoms with van der Waals surface area (Å²) in [5, 5.41) is 0. The first-order valence-corrected chi connectivity index (χ1v) is 8.92. The van der Waals surface area contributed by atoms with E-state index in [9.17, 15) is 0 Å². The van der Waals surface area contributed by atoms with Gasteiger partial charge in [0, 0.05) is 31.7 Å². The molecule has 0 spiro atoms. The molecule has 108 valence electrons. The first-order chi connectivity index (χ1) is 9.79. The zero-order valence-corrected chi connectivity index (χ0v) is 13.7. The van der Waals surface area contributed by atoms with Crippen LogP contribution in [0.1, 0.15) is 24.7 Å². The number of imidazole rings is 1. The van der Waals surface area contributed by atoms with E-state index in [2.05, 4.69) is 38.3 Å². The molecule has 4 aliphatic rings. The molecule has 1 aromatic heterocycles. The molecule has 0 radical (unpaired) electrons. The Morgan fingerprint density at radius 3 is 2.60 bits per heavy atom. The van der Waals surface area contributed by atoms with E-state index >= 15 is 0 Å². The Bertz CT molecular complexity index is 525. The lowest BCUT2D eigenvalue weighted by molar-refractivity contribution is -0.0616. The van der Waals surface area contributed by atoms with E-state index in [4.69, 9.17) is 9.72 Å². The molecule has 0 aromatic carbocycles. The van der Waals surface area contributed by atoms with Gasteiger partial charge in [-0.2, -0.15) is 0 Å². The zero-order chi connectivity index (χ0) is 13.3. The lowest BCUT2D eigenvalue weighted by Crippen LogP contribution is -2.49. The van der Waals surface area contributed by atoms with Gasteiger partial charge in [-0.3, -0.25) is 4.90 Å². The van der Waals surface area contributed by atoms with Crippen LogP contribution in [0.15, 0.2) is 6.20 Å². The van der Waals surface area contributed by atoms with Gasteiger partial charge in [-0.15, -0.1) is 0 Å². The Morgan fingerprint density at radius 2 is 2.00 bits per heavy atom. The van der Waals surface area contributed by atoms with Gasteiger partial charge in [0.2, 0.25) is 0 Å². The third-order valence-electron chi connectivity index (χ3n) is 5.58. The summed E-state index contributed by atoms with van der Waals surface area (Å²) in [7, 11) is 0. The van der Waals surface area contributed by atoms with Crippen LogP contribution >= 0.6 is 22.6 Å². The van der Waals surface area contributed by atoms with Crippen molar-refractivity contribution in [1.82, 2.24) is 14.5 Å². The number of piperidine rings is 1. The second-order valence-corrected chi connectivity index (χ2v) is 8.10. The summed E-state index contributed by atoms with van der Waals surface area (Å²) < 4.78 is 9.03. The van der Waals surface area contributed by atoms with Crippen LogP contribution in [0.25, 0.3) is 0 Å². The fourth-order valence-electron chi connectivity index (χ4n) is 4.06. The Kier molecular flexibility index (Phi) is 2.75. The Balaban J connectivity index is 1.31. The third kappa shape index (κ3) is 1.96. The number of aromatic nitrogens is 2. The van der Waals surface area contributed by atoms with E-state index in [0.29, 0.717) is 0 Å². The number of hydrogen-bond donors (Lipinski definition) is 0. The highest BCUT2D eigenvalue weighted by Gasteiger charge is 2.58. The van der Waals surface area contributed by atoms with Crippen LogP contribution in [-0.4, -0.2) is 46.8 Å². The first-order valence-electron chi connectivity index (χ1n) is 7.84. The first kappa shape index (κ1) is 12.4. The number of hydrogen-bond acceptors (Lipinski definition) is 3. The molecule has 3 heterocycles. The van der Waals surface area contributed by atoms with Crippen molar-refractivity contribution in [3.8, 4) is 0 Å². The maximum absolute atomic E-state index is 5.32. The van der Waals surface area contributed by atoms with E-state index in [1.165, 1.54) is 41.9 Å². The van der Waals surface area contributed by atoms with Gasteiger partial charge >= 0.3 is 0 Å². The summed E-state index contributed by atoms with van der Waals surface area (Å²) in [5.41, 5.74) is 0. The standard InChI is InChI=1S/C15H20IN3O/c16-13-6-19(14(17-13)3-9-1-2-9)15-11-4-18(5-12(11)15)10-7-20-8-10/h6,9-12,15H,1-5,7-8H2/t11-,12+,15?. The number of fused-ring (bicyclic) bond motifs is 1. The summed E-state index contributed by atoms with van der Waals surface area (Å²) in [6, 6.07) is 1.47. The SMILES string of the molecule is Ic1cn(C2[C@H]3CN(C4COC4)C[C@@H]23)c(CC2CC2)n1. The monoisotopic (exact) mass is 385 g/mol. The van der Waals surface area contributed by atoms with Crippen LogP contribution in [0.5, 0.6) is 0 Å². The van der Waals surface area contributed by atoms with Crippen LogP contribution in [0, 0.1) is 21.5 Å². The molecule has 2 saturated heterocycles. The highest BCUT2D eigenvalue weighted by molar-refractivity contribution is 14.1. The number of likely N-dealkylation sites (tertiary alicyclic amines) is 1. The Morgan fingerprint density at radius 1 is 1.25 bits per heavy atom. The maximum Gasteiger partial charge on any atom is 0.119 e. The smallest absolute Gasteiger partial charge is 0.119 e. The lowest BCUT2D eigenvalue weighted by Gasteiger charge is -2.36. The molecular formula is C15H20IN3O. The van der Waals surface area contributed by atoms with Gasteiger partial charge in [-0.05, 0) is 53.2 Å². The van der Waals surface area contributed by atoms with Crippen molar-refractivity contribution >= 4 is 22.6 Å². The van der Waals surface area contributed by atoms with Crippen molar-refractivity contribution in [3.63, 3.8) is 0 Å². The van der Waals surface area contributed by atoms with Gasteiger partial charge in [-0.25, -0.2) is 4.98 Å². The molecule has 1 aromatic rings. The van der Waals surface area contributed by atoms with Crippen LogP contribution in [-0.2, 0) is 11.2 Å². The molecule has 20 heavy (non-hydrogen) atoms. The molecule has 2 aliphatic carbocycles. The van der Waals surface area contributed by atoms with Gasteiger partial charge < -0.3 is 9.30 Å². The van der Waals surface area contributed by atoms with Gasteiger partial charge in [-0.1, -0.05) is 0 Å². The molecule has 4 nitrogen and oxygen atoms in total. The van der Waals surface area contributed by atoms with Crippen molar-refractivity contribution in [3.05, 3.63) is 15.7 Å². The van der Waals surface area contributed by atoms with Crippen molar-refractivity contribution < 1.29 is 4.74 Å². The average molecular weight is 385 g/mol. The van der Waals surface area contributed by atoms with Gasteiger partial charge in [0.25, 0.3) is 0 Å². The molecule has 0 bridgehead atoms. The topological polar surface area (TPSA) is 30.3 Å². The fourth-order valence-corrected chi connectivity index (χ4v) is 4.64.